The number of benzene rings is 1. The molecular weight excluding hydrogens is 288 g/mol. The van der Waals surface area contributed by atoms with Crippen molar-refractivity contribution in [1.29, 1.82) is 0 Å². The summed E-state index contributed by atoms with van der Waals surface area (Å²) in [5.41, 5.74) is 3.28. The fourth-order valence-corrected chi connectivity index (χ4v) is 3.30. The van der Waals surface area contributed by atoms with Crippen LogP contribution in [0.5, 0.6) is 0 Å². The van der Waals surface area contributed by atoms with Gasteiger partial charge in [-0.3, -0.25) is 9.59 Å². The Kier molecular flexibility index (Phi) is 5.80. The summed E-state index contributed by atoms with van der Waals surface area (Å²) in [7, 11) is 1.84. The molecule has 23 heavy (non-hydrogen) atoms. The number of hydrogen-bond acceptors (Lipinski definition) is 2. The number of amides is 2. The maximum absolute atomic E-state index is 12.6. The lowest BCUT2D eigenvalue weighted by Crippen LogP contribution is -2.35. The molecule has 1 aliphatic heterocycles. The zero-order valence-electron chi connectivity index (χ0n) is 14.8. The molecule has 2 rings (SSSR count). The second kappa shape index (κ2) is 7.62. The summed E-state index contributed by atoms with van der Waals surface area (Å²) >= 11 is 0. The summed E-state index contributed by atoms with van der Waals surface area (Å²) < 4.78 is 0. The van der Waals surface area contributed by atoms with E-state index < -0.39 is 0 Å². The molecule has 1 unspecified atom stereocenters. The van der Waals surface area contributed by atoms with Gasteiger partial charge in [-0.05, 0) is 30.9 Å². The highest BCUT2D eigenvalue weighted by molar-refractivity contribution is 6.01. The van der Waals surface area contributed by atoms with E-state index in [9.17, 15) is 9.59 Å². The van der Waals surface area contributed by atoms with Crippen LogP contribution in [0.15, 0.2) is 18.2 Å². The molecule has 0 spiro atoms. The zero-order valence-corrected chi connectivity index (χ0v) is 14.8. The molecule has 1 atom stereocenters. The Hall–Kier alpha value is -1.84. The van der Waals surface area contributed by atoms with Gasteiger partial charge in [-0.2, -0.15) is 0 Å². The van der Waals surface area contributed by atoms with Crippen molar-refractivity contribution >= 4 is 17.5 Å². The van der Waals surface area contributed by atoms with Crippen molar-refractivity contribution in [2.24, 2.45) is 5.92 Å². The number of para-hydroxylation sites is 1. The molecule has 0 bridgehead atoms. The van der Waals surface area contributed by atoms with Crippen LogP contribution in [0.2, 0.25) is 0 Å². The predicted octanol–water partition coefficient (Wildman–Crippen LogP) is 3.17. The van der Waals surface area contributed by atoms with Crippen molar-refractivity contribution in [3.8, 4) is 0 Å². The van der Waals surface area contributed by atoms with E-state index in [1.165, 1.54) is 5.56 Å². The minimum atomic E-state index is -0.214. The molecule has 2 amide bonds. The van der Waals surface area contributed by atoms with Crippen LogP contribution in [-0.4, -0.2) is 36.9 Å². The highest BCUT2D eigenvalue weighted by Gasteiger charge is 2.37. The lowest BCUT2D eigenvalue weighted by atomic mass is 10.0. The van der Waals surface area contributed by atoms with Crippen molar-refractivity contribution < 1.29 is 9.59 Å². The molecule has 0 N–H and O–H groups in total. The largest absolute Gasteiger partial charge is 0.345 e. The molecule has 126 valence electrons. The van der Waals surface area contributed by atoms with Crippen molar-refractivity contribution in [2.75, 3.05) is 25.0 Å². The maximum Gasteiger partial charge on any atom is 0.227 e. The summed E-state index contributed by atoms with van der Waals surface area (Å²) in [5, 5.41) is 0. The fraction of sp³-hybridized carbons (Fsp3) is 0.579. The number of carbonyl (C=O) groups is 2. The van der Waals surface area contributed by atoms with Gasteiger partial charge in [0, 0.05) is 32.2 Å². The molecule has 0 aliphatic carbocycles. The average Bonchev–Trinajstić information content (AvgIpc) is 2.92. The van der Waals surface area contributed by atoms with E-state index in [-0.39, 0.29) is 17.7 Å². The van der Waals surface area contributed by atoms with Gasteiger partial charge in [0.2, 0.25) is 11.8 Å². The first kappa shape index (κ1) is 17.5. The molecule has 1 aromatic carbocycles. The number of unbranched alkanes of at least 4 members (excludes halogenated alkanes) is 1. The third-order valence-electron chi connectivity index (χ3n) is 4.67. The third-order valence-corrected chi connectivity index (χ3v) is 4.67. The summed E-state index contributed by atoms with van der Waals surface area (Å²) in [6.07, 6.45) is 3.28. The van der Waals surface area contributed by atoms with Gasteiger partial charge in [0.1, 0.15) is 0 Å². The van der Waals surface area contributed by atoms with Crippen LogP contribution in [0.3, 0.4) is 0 Å². The fourth-order valence-electron chi connectivity index (χ4n) is 3.30. The van der Waals surface area contributed by atoms with Gasteiger partial charge in [0.25, 0.3) is 0 Å². The smallest absolute Gasteiger partial charge is 0.227 e. The van der Waals surface area contributed by atoms with Gasteiger partial charge in [-0.25, -0.2) is 0 Å². The Morgan fingerprint density at radius 2 is 2.09 bits per heavy atom. The first-order valence-corrected chi connectivity index (χ1v) is 8.63. The minimum Gasteiger partial charge on any atom is -0.345 e. The number of carbonyl (C=O) groups excluding carboxylic acids is 2. The van der Waals surface area contributed by atoms with Gasteiger partial charge in [-0.1, -0.05) is 38.5 Å². The van der Waals surface area contributed by atoms with Crippen LogP contribution in [0.1, 0.15) is 44.2 Å². The van der Waals surface area contributed by atoms with E-state index in [2.05, 4.69) is 19.9 Å². The van der Waals surface area contributed by atoms with Crippen LogP contribution in [0, 0.1) is 12.8 Å². The van der Waals surface area contributed by atoms with Gasteiger partial charge in [0.15, 0.2) is 0 Å². The summed E-state index contributed by atoms with van der Waals surface area (Å²) in [4.78, 5) is 28.7. The van der Waals surface area contributed by atoms with Crippen molar-refractivity contribution in [3.05, 3.63) is 29.3 Å². The van der Waals surface area contributed by atoms with Crippen LogP contribution in [0.4, 0.5) is 5.69 Å². The molecule has 4 heteroatoms. The third kappa shape index (κ3) is 3.74. The Bertz CT molecular complexity index is 583. The Balaban J connectivity index is 2.16. The number of aryl methyl sites for hydroxylation is 2. The maximum atomic E-state index is 12.6. The number of rotatable bonds is 6. The molecule has 4 nitrogen and oxygen atoms in total. The van der Waals surface area contributed by atoms with E-state index in [1.807, 2.05) is 31.0 Å². The monoisotopic (exact) mass is 316 g/mol. The van der Waals surface area contributed by atoms with Crippen molar-refractivity contribution in [1.82, 2.24) is 4.90 Å². The zero-order chi connectivity index (χ0) is 17.0. The normalized spacial score (nSPS) is 17.7. The van der Waals surface area contributed by atoms with E-state index >= 15 is 0 Å². The summed E-state index contributed by atoms with van der Waals surface area (Å²) in [5.74, 6) is -0.0501. The van der Waals surface area contributed by atoms with E-state index in [0.29, 0.717) is 13.0 Å². The first-order valence-electron chi connectivity index (χ1n) is 8.63. The van der Waals surface area contributed by atoms with Crippen molar-refractivity contribution in [3.63, 3.8) is 0 Å². The Morgan fingerprint density at radius 3 is 2.74 bits per heavy atom. The first-order chi connectivity index (χ1) is 11.0. The SMILES string of the molecule is CCCCN(C)C(=O)C1CC(=O)N(c2c(C)cccc2CC)C1. The molecular formula is C19H28N2O2. The second-order valence-electron chi connectivity index (χ2n) is 6.45. The topological polar surface area (TPSA) is 40.6 Å². The lowest BCUT2D eigenvalue weighted by Gasteiger charge is -2.24. The highest BCUT2D eigenvalue weighted by atomic mass is 16.2. The van der Waals surface area contributed by atoms with E-state index in [0.717, 1.165) is 37.1 Å². The average molecular weight is 316 g/mol. The van der Waals surface area contributed by atoms with Crippen LogP contribution in [-0.2, 0) is 16.0 Å². The molecule has 0 radical (unpaired) electrons. The number of anilines is 1. The lowest BCUT2D eigenvalue weighted by molar-refractivity contribution is -0.134. The molecule has 0 aromatic heterocycles. The molecule has 1 aliphatic rings. The van der Waals surface area contributed by atoms with Gasteiger partial charge >= 0.3 is 0 Å². The summed E-state index contributed by atoms with van der Waals surface area (Å²) in [6.45, 7) is 7.52. The number of hydrogen-bond donors (Lipinski definition) is 0. The minimum absolute atomic E-state index is 0.0660. The second-order valence-corrected chi connectivity index (χ2v) is 6.45. The van der Waals surface area contributed by atoms with Gasteiger partial charge in [0.05, 0.1) is 5.92 Å². The Labute approximate surface area is 139 Å². The van der Waals surface area contributed by atoms with Gasteiger partial charge in [-0.15, -0.1) is 0 Å². The molecule has 1 heterocycles. The van der Waals surface area contributed by atoms with E-state index in [1.54, 1.807) is 4.90 Å². The predicted molar refractivity (Wildman–Crippen MR) is 93.6 cm³/mol. The van der Waals surface area contributed by atoms with E-state index in [4.69, 9.17) is 0 Å². The summed E-state index contributed by atoms with van der Waals surface area (Å²) in [6, 6.07) is 6.13. The van der Waals surface area contributed by atoms with Crippen LogP contribution >= 0.6 is 0 Å². The van der Waals surface area contributed by atoms with Crippen LogP contribution in [0.25, 0.3) is 0 Å². The standard InChI is InChI=1S/C19H28N2O2/c1-5-7-11-20(4)19(23)16-12-17(22)21(13-16)18-14(3)9-8-10-15(18)6-2/h8-10,16H,5-7,11-13H2,1-4H3. The number of nitrogens with zero attached hydrogens (tertiary/aromatic N) is 2. The molecule has 1 saturated heterocycles. The van der Waals surface area contributed by atoms with Crippen LogP contribution < -0.4 is 4.90 Å². The Morgan fingerprint density at radius 1 is 1.35 bits per heavy atom. The molecule has 1 fully saturated rings. The van der Waals surface area contributed by atoms with Gasteiger partial charge < -0.3 is 9.80 Å². The highest BCUT2D eigenvalue weighted by Crippen LogP contribution is 2.32. The quantitative estimate of drug-likeness (QED) is 0.809. The van der Waals surface area contributed by atoms with Crippen molar-refractivity contribution in [2.45, 2.75) is 46.5 Å². The molecule has 0 saturated carbocycles. The molecule has 1 aromatic rings.